The van der Waals surface area contributed by atoms with Gasteiger partial charge in [-0.2, -0.15) is 0 Å². The average Bonchev–Trinajstić information content (AvgIpc) is 2.86. The monoisotopic (exact) mass is 239 g/mol. The third-order valence-corrected chi connectivity index (χ3v) is 3.49. The van der Waals surface area contributed by atoms with Crippen molar-refractivity contribution in [1.82, 2.24) is 0 Å². The van der Waals surface area contributed by atoms with Gasteiger partial charge in [0.15, 0.2) is 0 Å². The molecule has 0 bridgehead atoms. The van der Waals surface area contributed by atoms with Gasteiger partial charge in [0.2, 0.25) is 0 Å². The molecule has 92 valence electrons. The topological polar surface area (TPSA) is 35.2 Å². The summed E-state index contributed by atoms with van der Waals surface area (Å²) >= 11 is 0. The molecule has 1 aliphatic rings. The Labute approximate surface area is 107 Å². The predicted octanol–water partition coefficient (Wildman–Crippen LogP) is 3.40. The van der Waals surface area contributed by atoms with Gasteiger partial charge in [0.05, 0.1) is 13.2 Å². The van der Waals surface area contributed by atoms with Crippen LogP contribution in [0.25, 0.3) is 11.1 Å². The number of hydrogen-bond donors (Lipinski definition) is 1. The maximum Gasteiger partial charge on any atom is 0.0725 e. The molecule has 2 nitrogen and oxygen atoms in total. The second kappa shape index (κ2) is 4.56. The molecule has 0 aromatic heterocycles. The van der Waals surface area contributed by atoms with E-state index < -0.39 is 0 Å². The zero-order valence-corrected chi connectivity index (χ0v) is 10.5. The number of benzene rings is 2. The first-order valence-corrected chi connectivity index (χ1v) is 6.29. The summed E-state index contributed by atoms with van der Waals surface area (Å²) in [6.45, 7) is 3.49. The third-order valence-electron chi connectivity index (χ3n) is 3.49. The summed E-state index contributed by atoms with van der Waals surface area (Å²) in [5.74, 6) is 0. The summed E-state index contributed by atoms with van der Waals surface area (Å²) in [6.07, 6.45) is 0. The second-order valence-electron chi connectivity index (χ2n) is 4.89. The van der Waals surface area contributed by atoms with Crippen LogP contribution in [0.5, 0.6) is 0 Å². The fourth-order valence-corrected chi connectivity index (χ4v) is 2.33. The summed E-state index contributed by atoms with van der Waals surface area (Å²) in [6, 6.07) is 15.1. The first kappa shape index (κ1) is 11.5. The van der Waals surface area contributed by atoms with E-state index >= 15 is 0 Å². The molecule has 1 atom stereocenters. The fourth-order valence-electron chi connectivity index (χ4n) is 2.33. The summed E-state index contributed by atoms with van der Waals surface area (Å²) in [4.78, 5) is 0. The van der Waals surface area contributed by atoms with Crippen molar-refractivity contribution >= 4 is 0 Å². The number of rotatable bonds is 2. The van der Waals surface area contributed by atoms with Crippen molar-refractivity contribution < 1.29 is 4.74 Å². The SMILES string of the molecule is CC(N)c1ccc(-c2ccc3c(c2)COC3)cc1. The highest BCUT2D eigenvalue weighted by atomic mass is 16.5. The maximum atomic E-state index is 5.86. The van der Waals surface area contributed by atoms with Crippen LogP contribution in [-0.2, 0) is 18.0 Å². The molecule has 0 saturated carbocycles. The molecule has 0 aliphatic carbocycles. The quantitative estimate of drug-likeness (QED) is 0.871. The first-order chi connectivity index (χ1) is 8.74. The van der Waals surface area contributed by atoms with Gasteiger partial charge in [-0.05, 0) is 40.8 Å². The van der Waals surface area contributed by atoms with Gasteiger partial charge >= 0.3 is 0 Å². The minimum absolute atomic E-state index is 0.0903. The van der Waals surface area contributed by atoms with Gasteiger partial charge in [0.1, 0.15) is 0 Å². The minimum atomic E-state index is 0.0903. The van der Waals surface area contributed by atoms with Crippen molar-refractivity contribution in [3.8, 4) is 11.1 Å². The molecule has 1 aliphatic heterocycles. The molecule has 0 spiro atoms. The lowest BCUT2D eigenvalue weighted by molar-refractivity contribution is 0.134. The molecular weight excluding hydrogens is 222 g/mol. The molecule has 2 N–H and O–H groups in total. The van der Waals surface area contributed by atoms with Crippen LogP contribution in [0.4, 0.5) is 0 Å². The molecule has 3 rings (SSSR count). The lowest BCUT2D eigenvalue weighted by Crippen LogP contribution is -2.04. The Morgan fingerprint density at radius 3 is 2.33 bits per heavy atom. The van der Waals surface area contributed by atoms with E-state index in [0.29, 0.717) is 0 Å². The standard InChI is InChI=1S/C16H17NO/c1-11(17)12-2-4-13(5-3-12)14-6-7-15-9-18-10-16(15)8-14/h2-8,11H,9-10,17H2,1H3. The Kier molecular flexibility index (Phi) is 2.90. The Morgan fingerprint density at radius 2 is 1.61 bits per heavy atom. The van der Waals surface area contributed by atoms with Gasteiger partial charge in [-0.15, -0.1) is 0 Å². The van der Waals surface area contributed by atoms with Gasteiger partial charge in [-0.3, -0.25) is 0 Å². The number of nitrogens with two attached hydrogens (primary N) is 1. The molecule has 0 fully saturated rings. The van der Waals surface area contributed by atoms with Gasteiger partial charge in [-0.1, -0.05) is 36.4 Å². The Bertz CT molecular complexity index is 558. The molecule has 2 aromatic carbocycles. The van der Waals surface area contributed by atoms with Crippen molar-refractivity contribution in [3.05, 3.63) is 59.2 Å². The molecule has 2 heteroatoms. The normalized spacial score (nSPS) is 15.4. The van der Waals surface area contributed by atoms with Crippen LogP contribution in [0.1, 0.15) is 29.7 Å². The Hall–Kier alpha value is -1.64. The fraction of sp³-hybridized carbons (Fsp3) is 0.250. The van der Waals surface area contributed by atoms with Crippen LogP contribution < -0.4 is 5.73 Å². The molecule has 0 radical (unpaired) electrons. The van der Waals surface area contributed by atoms with E-state index in [1.807, 2.05) is 6.92 Å². The Morgan fingerprint density at radius 1 is 0.944 bits per heavy atom. The van der Waals surface area contributed by atoms with E-state index in [4.69, 9.17) is 10.5 Å². The molecule has 0 saturated heterocycles. The minimum Gasteiger partial charge on any atom is -0.372 e. The van der Waals surface area contributed by atoms with E-state index in [1.165, 1.54) is 27.8 Å². The van der Waals surface area contributed by atoms with Crippen molar-refractivity contribution in [3.63, 3.8) is 0 Å². The Balaban J connectivity index is 1.95. The second-order valence-corrected chi connectivity index (χ2v) is 4.89. The van der Waals surface area contributed by atoms with Crippen molar-refractivity contribution in [1.29, 1.82) is 0 Å². The van der Waals surface area contributed by atoms with E-state index in [0.717, 1.165) is 13.2 Å². The van der Waals surface area contributed by atoms with Crippen LogP contribution >= 0.6 is 0 Å². The van der Waals surface area contributed by atoms with Gasteiger partial charge in [0.25, 0.3) is 0 Å². The lowest BCUT2D eigenvalue weighted by Gasteiger charge is -2.08. The summed E-state index contributed by atoms with van der Waals surface area (Å²) < 4.78 is 5.44. The summed E-state index contributed by atoms with van der Waals surface area (Å²) in [5.41, 5.74) is 12.1. The van der Waals surface area contributed by atoms with Crippen LogP contribution in [0, 0.1) is 0 Å². The number of hydrogen-bond acceptors (Lipinski definition) is 2. The van der Waals surface area contributed by atoms with Gasteiger partial charge in [-0.25, -0.2) is 0 Å². The third kappa shape index (κ3) is 2.05. The van der Waals surface area contributed by atoms with Gasteiger partial charge < -0.3 is 10.5 Å². The molecule has 1 heterocycles. The molecule has 1 unspecified atom stereocenters. The average molecular weight is 239 g/mol. The van der Waals surface area contributed by atoms with Crippen LogP contribution in [-0.4, -0.2) is 0 Å². The van der Waals surface area contributed by atoms with E-state index in [-0.39, 0.29) is 6.04 Å². The highest BCUT2D eigenvalue weighted by Crippen LogP contribution is 2.27. The van der Waals surface area contributed by atoms with Gasteiger partial charge in [0, 0.05) is 6.04 Å². The number of fused-ring (bicyclic) bond motifs is 1. The smallest absolute Gasteiger partial charge is 0.0725 e. The molecule has 2 aromatic rings. The highest BCUT2D eigenvalue weighted by Gasteiger charge is 2.11. The van der Waals surface area contributed by atoms with Crippen LogP contribution in [0.15, 0.2) is 42.5 Å². The lowest BCUT2D eigenvalue weighted by atomic mass is 9.98. The maximum absolute atomic E-state index is 5.86. The van der Waals surface area contributed by atoms with Crippen molar-refractivity contribution in [2.45, 2.75) is 26.2 Å². The molecular formula is C16H17NO. The van der Waals surface area contributed by atoms with E-state index in [9.17, 15) is 0 Å². The van der Waals surface area contributed by atoms with Crippen LogP contribution in [0.2, 0.25) is 0 Å². The highest BCUT2D eigenvalue weighted by molar-refractivity contribution is 5.65. The first-order valence-electron chi connectivity index (χ1n) is 6.29. The predicted molar refractivity (Wildman–Crippen MR) is 73.0 cm³/mol. The summed E-state index contributed by atoms with van der Waals surface area (Å²) in [5, 5.41) is 0. The van der Waals surface area contributed by atoms with Crippen LogP contribution in [0.3, 0.4) is 0 Å². The van der Waals surface area contributed by atoms with Crippen molar-refractivity contribution in [2.75, 3.05) is 0 Å². The van der Waals surface area contributed by atoms with Crippen molar-refractivity contribution in [2.24, 2.45) is 5.73 Å². The zero-order valence-electron chi connectivity index (χ0n) is 10.5. The zero-order chi connectivity index (χ0) is 12.5. The largest absolute Gasteiger partial charge is 0.372 e. The molecule has 0 amide bonds. The summed E-state index contributed by atoms with van der Waals surface area (Å²) in [7, 11) is 0. The molecule has 18 heavy (non-hydrogen) atoms. The number of ether oxygens (including phenoxy) is 1. The van der Waals surface area contributed by atoms with E-state index in [1.54, 1.807) is 0 Å². The van der Waals surface area contributed by atoms with E-state index in [2.05, 4.69) is 42.5 Å².